The van der Waals surface area contributed by atoms with Crippen molar-refractivity contribution in [3.63, 3.8) is 0 Å². The van der Waals surface area contributed by atoms with Gasteiger partial charge in [0.25, 0.3) is 0 Å². The van der Waals surface area contributed by atoms with Gasteiger partial charge in [-0.05, 0) is 26.2 Å². The van der Waals surface area contributed by atoms with Crippen LogP contribution in [0.15, 0.2) is 0 Å². The first-order valence-electron chi connectivity index (χ1n) is 4.11. The Morgan fingerprint density at radius 2 is 2.00 bits per heavy atom. The summed E-state index contributed by atoms with van der Waals surface area (Å²) < 4.78 is 0. The average molecular weight is 152 g/mol. The van der Waals surface area contributed by atoms with E-state index in [2.05, 4.69) is 30.7 Å². The summed E-state index contributed by atoms with van der Waals surface area (Å²) in [6.07, 6.45) is 1.10. The van der Waals surface area contributed by atoms with Crippen LogP contribution in [0.4, 0.5) is 0 Å². The molecular weight excluding hydrogens is 136 g/mol. The first-order chi connectivity index (χ1) is 5.09. The number of hydrogen-bond acceptors (Lipinski definition) is 1. The Labute approximate surface area is 68.0 Å². The Morgan fingerprint density at radius 1 is 1.36 bits per heavy atom. The summed E-state index contributed by atoms with van der Waals surface area (Å²) in [5, 5.41) is 0. The van der Waals surface area contributed by atoms with Gasteiger partial charge in [-0.25, -0.2) is 4.98 Å². The van der Waals surface area contributed by atoms with E-state index in [4.69, 9.17) is 0 Å². The molecule has 0 spiro atoms. The molecule has 11 heavy (non-hydrogen) atoms. The molecule has 1 rings (SSSR count). The van der Waals surface area contributed by atoms with Crippen LogP contribution in [0.25, 0.3) is 0 Å². The maximum absolute atomic E-state index is 4.31. The molecule has 0 unspecified atom stereocenters. The smallest absolute Gasteiger partial charge is 0.103 e. The average Bonchev–Trinajstić information content (AvgIpc) is 2.09. The predicted octanol–water partition coefficient (Wildman–Crippen LogP) is 2.23. The van der Waals surface area contributed by atoms with Gasteiger partial charge in [0, 0.05) is 5.69 Å². The van der Waals surface area contributed by atoms with E-state index in [1.54, 1.807) is 0 Å². The number of hydrogen-bond donors (Lipinski definition) is 1. The molecule has 0 aromatic carbocycles. The summed E-state index contributed by atoms with van der Waals surface area (Å²) in [6, 6.07) is 0. The first-order valence-corrected chi connectivity index (χ1v) is 4.11. The number of rotatable bonds is 2. The first kappa shape index (κ1) is 8.31. The third kappa shape index (κ3) is 2.07. The Bertz CT molecular complexity index is 236. The van der Waals surface area contributed by atoms with Crippen molar-refractivity contribution in [1.82, 2.24) is 9.97 Å². The summed E-state index contributed by atoms with van der Waals surface area (Å²) >= 11 is 0. The fourth-order valence-corrected chi connectivity index (χ4v) is 1.26. The number of aryl methyl sites for hydroxylation is 2. The quantitative estimate of drug-likeness (QED) is 0.691. The van der Waals surface area contributed by atoms with Crippen LogP contribution in [-0.2, 0) is 6.42 Å². The van der Waals surface area contributed by atoms with E-state index in [0.717, 1.165) is 17.9 Å². The highest BCUT2D eigenvalue weighted by molar-refractivity contribution is 5.12. The molecule has 2 nitrogen and oxygen atoms in total. The predicted molar refractivity (Wildman–Crippen MR) is 46.6 cm³/mol. The van der Waals surface area contributed by atoms with Crippen LogP contribution in [0.1, 0.15) is 31.1 Å². The van der Waals surface area contributed by atoms with Gasteiger partial charge in [0.1, 0.15) is 5.82 Å². The van der Waals surface area contributed by atoms with Gasteiger partial charge in [-0.2, -0.15) is 0 Å². The molecule has 0 aliphatic heterocycles. The minimum atomic E-state index is 0.702. The van der Waals surface area contributed by atoms with Gasteiger partial charge in [-0.15, -0.1) is 0 Å². The second-order valence-electron chi connectivity index (χ2n) is 3.48. The lowest BCUT2D eigenvalue weighted by Crippen LogP contribution is -1.96. The van der Waals surface area contributed by atoms with E-state index in [9.17, 15) is 0 Å². The largest absolute Gasteiger partial charge is 0.346 e. The number of imidazole rings is 1. The van der Waals surface area contributed by atoms with Crippen molar-refractivity contribution in [2.45, 2.75) is 34.1 Å². The van der Waals surface area contributed by atoms with Gasteiger partial charge in [-0.3, -0.25) is 0 Å². The minimum absolute atomic E-state index is 0.702. The monoisotopic (exact) mass is 152 g/mol. The molecule has 0 atom stereocenters. The number of nitrogens with zero attached hydrogens (tertiary/aromatic N) is 1. The summed E-state index contributed by atoms with van der Waals surface area (Å²) in [4.78, 5) is 7.57. The lowest BCUT2D eigenvalue weighted by Gasteiger charge is -2.01. The zero-order valence-electron chi connectivity index (χ0n) is 7.73. The summed E-state index contributed by atoms with van der Waals surface area (Å²) in [5.74, 6) is 1.73. The SMILES string of the molecule is Cc1nc(C)c(CC(C)C)[nH]1. The van der Waals surface area contributed by atoms with E-state index >= 15 is 0 Å². The van der Waals surface area contributed by atoms with Crippen molar-refractivity contribution in [2.24, 2.45) is 5.92 Å². The molecule has 1 N–H and O–H groups in total. The zero-order chi connectivity index (χ0) is 8.43. The highest BCUT2D eigenvalue weighted by Crippen LogP contribution is 2.09. The van der Waals surface area contributed by atoms with Crippen LogP contribution in [0, 0.1) is 19.8 Å². The Kier molecular flexibility index (Phi) is 2.32. The van der Waals surface area contributed by atoms with E-state index in [-0.39, 0.29) is 0 Å². The molecule has 0 amide bonds. The van der Waals surface area contributed by atoms with Gasteiger partial charge < -0.3 is 4.98 Å². The highest BCUT2D eigenvalue weighted by Gasteiger charge is 2.04. The molecule has 0 fully saturated rings. The van der Waals surface area contributed by atoms with Gasteiger partial charge in [0.05, 0.1) is 5.69 Å². The van der Waals surface area contributed by atoms with Crippen LogP contribution in [0.3, 0.4) is 0 Å². The van der Waals surface area contributed by atoms with Crippen LogP contribution < -0.4 is 0 Å². The normalized spacial score (nSPS) is 11.0. The van der Waals surface area contributed by atoms with Crippen molar-refractivity contribution >= 4 is 0 Å². The number of nitrogens with one attached hydrogen (secondary N) is 1. The summed E-state index contributed by atoms with van der Waals surface area (Å²) in [7, 11) is 0. The molecule has 0 bridgehead atoms. The second-order valence-corrected chi connectivity index (χ2v) is 3.48. The van der Waals surface area contributed by atoms with E-state index in [1.165, 1.54) is 5.69 Å². The Balaban J connectivity index is 2.77. The van der Waals surface area contributed by atoms with Gasteiger partial charge in [0.15, 0.2) is 0 Å². The fourth-order valence-electron chi connectivity index (χ4n) is 1.26. The highest BCUT2D eigenvalue weighted by atomic mass is 14.9. The lowest BCUT2D eigenvalue weighted by atomic mass is 10.1. The second kappa shape index (κ2) is 3.07. The molecule has 0 aliphatic rings. The van der Waals surface area contributed by atoms with Crippen LogP contribution in [0.5, 0.6) is 0 Å². The molecule has 1 aromatic heterocycles. The Hall–Kier alpha value is -0.790. The van der Waals surface area contributed by atoms with Crippen LogP contribution in [0.2, 0.25) is 0 Å². The molecule has 1 heterocycles. The fraction of sp³-hybridized carbons (Fsp3) is 0.667. The third-order valence-electron chi connectivity index (χ3n) is 1.72. The van der Waals surface area contributed by atoms with E-state index in [1.807, 2.05) is 6.92 Å². The maximum Gasteiger partial charge on any atom is 0.103 e. The number of H-pyrrole nitrogens is 1. The van der Waals surface area contributed by atoms with Crippen molar-refractivity contribution in [1.29, 1.82) is 0 Å². The summed E-state index contributed by atoms with van der Waals surface area (Å²) in [6.45, 7) is 8.49. The van der Waals surface area contributed by atoms with Crippen molar-refractivity contribution in [3.8, 4) is 0 Å². The molecule has 0 saturated carbocycles. The van der Waals surface area contributed by atoms with Crippen molar-refractivity contribution in [2.75, 3.05) is 0 Å². The van der Waals surface area contributed by atoms with Crippen molar-refractivity contribution in [3.05, 3.63) is 17.2 Å². The van der Waals surface area contributed by atoms with Gasteiger partial charge in [-0.1, -0.05) is 13.8 Å². The topological polar surface area (TPSA) is 28.7 Å². The van der Waals surface area contributed by atoms with E-state index < -0.39 is 0 Å². The number of aromatic nitrogens is 2. The molecule has 0 aliphatic carbocycles. The molecule has 1 aromatic rings. The van der Waals surface area contributed by atoms with Crippen molar-refractivity contribution < 1.29 is 0 Å². The van der Waals surface area contributed by atoms with Crippen LogP contribution >= 0.6 is 0 Å². The van der Waals surface area contributed by atoms with Gasteiger partial charge in [0.2, 0.25) is 0 Å². The molecule has 2 heteroatoms. The lowest BCUT2D eigenvalue weighted by molar-refractivity contribution is 0.634. The molecular formula is C9H16N2. The van der Waals surface area contributed by atoms with E-state index in [0.29, 0.717) is 5.92 Å². The molecule has 62 valence electrons. The van der Waals surface area contributed by atoms with Gasteiger partial charge >= 0.3 is 0 Å². The molecule has 0 saturated heterocycles. The Morgan fingerprint density at radius 3 is 2.36 bits per heavy atom. The standard InChI is InChI=1S/C9H16N2/c1-6(2)5-9-7(3)10-8(4)11-9/h6H,5H2,1-4H3,(H,10,11). The summed E-state index contributed by atoms with van der Waals surface area (Å²) in [5.41, 5.74) is 2.44. The molecule has 0 radical (unpaired) electrons. The zero-order valence-corrected chi connectivity index (χ0v) is 7.73. The number of aromatic amines is 1. The maximum atomic E-state index is 4.31. The van der Waals surface area contributed by atoms with Crippen LogP contribution in [-0.4, -0.2) is 9.97 Å². The minimum Gasteiger partial charge on any atom is -0.346 e. The third-order valence-corrected chi connectivity index (χ3v) is 1.72.